The molecule has 0 spiro atoms. The first kappa shape index (κ1) is 61.1. The third kappa shape index (κ3) is 13.7. The number of methoxy groups -OCH3 is 1. The number of fused-ring (bicyclic) bond motifs is 7. The van der Waals surface area contributed by atoms with Gasteiger partial charge >= 0.3 is 5.97 Å². The molecule has 0 amide bonds. The summed E-state index contributed by atoms with van der Waals surface area (Å²) in [6.07, 6.45) is 18.2. The van der Waals surface area contributed by atoms with Gasteiger partial charge in [-0.3, -0.25) is 4.79 Å². The maximum atomic E-state index is 13.6. The molecule has 0 N–H and O–H groups in total. The predicted octanol–water partition coefficient (Wildman–Crippen LogP) is 22.2. The van der Waals surface area contributed by atoms with Crippen molar-refractivity contribution in [3.63, 3.8) is 0 Å². The van der Waals surface area contributed by atoms with Crippen LogP contribution >= 0.6 is 11.8 Å². The molecule has 0 fully saturated rings. The van der Waals surface area contributed by atoms with Gasteiger partial charge in [-0.05, 0) is 167 Å². The average Bonchev–Trinajstić information content (AvgIpc) is 1.47. The van der Waals surface area contributed by atoms with Gasteiger partial charge < -0.3 is 38.2 Å². The summed E-state index contributed by atoms with van der Waals surface area (Å²) < 4.78 is 37.1. The van der Waals surface area contributed by atoms with Crippen molar-refractivity contribution in [3.8, 4) is 67.9 Å². The van der Waals surface area contributed by atoms with Crippen molar-refractivity contribution >= 4 is 57.4 Å². The van der Waals surface area contributed by atoms with E-state index in [1.54, 1.807) is 11.8 Å². The van der Waals surface area contributed by atoms with Crippen LogP contribution in [-0.4, -0.2) is 39.5 Å². The van der Waals surface area contributed by atoms with E-state index in [0.29, 0.717) is 43.5 Å². The summed E-state index contributed by atoms with van der Waals surface area (Å²) in [7, 11) is 1.33. The summed E-state index contributed by atoms with van der Waals surface area (Å²) in [5.74, 6) is 4.04. The minimum Gasteiger partial charge on any atom is -0.494 e. The van der Waals surface area contributed by atoms with Crippen molar-refractivity contribution in [2.45, 2.75) is 140 Å². The summed E-state index contributed by atoms with van der Waals surface area (Å²) in [5.41, 5.74) is 13.8. The minimum absolute atomic E-state index is 0.0577. The number of ether oxygens (including phenoxy) is 6. The quantitative estimate of drug-likeness (QED) is 0.0196. The Morgan fingerprint density at radius 2 is 0.784 bits per heavy atom. The van der Waals surface area contributed by atoms with E-state index in [-0.39, 0.29) is 5.70 Å². The molecule has 0 atom stereocenters. The normalized spacial score (nSPS) is 13.0. The first-order valence-electron chi connectivity index (χ1n) is 32.0. The molecule has 452 valence electrons. The second kappa shape index (κ2) is 29.4. The van der Waals surface area contributed by atoms with Crippen molar-refractivity contribution in [2.75, 3.05) is 43.3 Å². The van der Waals surface area contributed by atoms with Crippen molar-refractivity contribution in [3.05, 3.63) is 186 Å². The molecule has 0 unspecified atom stereocenters. The molecule has 0 radical (unpaired) electrons. The topological polar surface area (TPSA) is 83.3 Å². The molecule has 8 aromatic carbocycles. The molecule has 88 heavy (non-hydrogen) atoms. The number of hydrogen-bond acceptors (Lipinski definition) is 10. The summed E-state index contributed by atoms with van der Waals surface area (Å²) in [6.45, 7) is 20.0. The minimum atomic E-state index is -0.674. The van der Waals surface area contributed by atoms with Crippen LogP contribution in [0.2, 0.25) is 0 Å². The van der Waals surface area contributed by atoms with Crippen LogP contribution < -0.4 is 33.5 Å². The summed E-state index contributed by atoms with van der Waals surface area (Å²) >= 11 is 1.75. The molecule has 11 rings (SSSR count). The molecular formula is C77H81N3O7S. The molecule has 3 aliphatic rings. The van der Waals surface area contributed by atoms with E-state index < -0.39 is 5.97 Å². The Hall–Kier alpha value is -8.59. The van der Waals surface area contributed by atoms with E-state index in [0.717, 1.165) is 163 Å². The van der Waals surface area contributed by atoms with E-state index in [2.05, 4.69) is 176 Å². The van der Waals surface area contributed by atoms with Gasteiger partial charge in [0, 0.05) is 38.9 Å². The molecule has 0 bridgehead atoms. The lowest BCUT2D eigenvalue weighted by molar-refractivity contribution is -0.135. The first-order valence-corrected chi connectivity index (χ1v) is 32.9. The smallest absolute Gasteiger partial charge is 0.336 e. The Morgan fingerprint density at radius 1 is 0.420 bits per heavy atom. The zero-order chi connectivity index (χ0) is 60.8. The molecule has 2 heterocycles. The second-order valence-corrected chi connectivity index (χ2v) is 24.1. The number of carbonyl (C=O) groups excluding carboxylic acids is 1. The standard InChI is InChI=1S/C77H81N3O7S/c1-7-11-15-19-43-83-59-33-39-67-71(49-59)87-72-50-60(84-44-20-16-12-8-2)34-40-68(72)79(67)57-29-23-53(24-30-57)55-27-37-63-64-38-28-56(48-66(64)75(65(63)47-55)76(78-5)77(81)82-6)54-25-31-58(32-26-54)80-69-41-35-61(85-45-21-17-13-9-3)51-73(69)88-74-52-62(36-42-70(74)80)86-46-22-18-14-10-4/h23-42,47-52H,7-22,43-46H2,1-4,6H3/b76-75+. The van der Waals surface area contributed by atoms with Gasteiger partial charge in [0.15, 0.2) is 11.5 Å². The fourth-order valence-corrected chi connectivity index (χ4v) is 13.1. The van der Waals surface area contributed by atoms with Crippen LogP contribution in [-0.2, 0) is 9.53 Å². The molecule has 10 nitrogen and oxygen atoms in total. The maximum Gasteiger partial charge on any atom is 0.336 e. The number of hydrogen-bond donors (Lipinski definition) is 0. The lowest BCUT2D eigenvalue weighted by Gasteiger charge is -2.33. The fraction of sp³-hybridized carbons (Fsp3) is 0.325. The average molecular weight is 1190 g/mol. The van der Waals surface area contributed by atoms with Gasteiger partial charge in [-0.15, -0.1) is 0 Å². The Balaban J connectivity index is 0.878. The summed E-state index contributed by atoms with van der Waals surface area (Å²) in [6, 6.07) is 54.9. The number of benzene rings is 8. The largest absolute Gasteiger partial charge is 0.494 e. The van der Waals surface area contributed by atoms with Gasteiger partial charge in [-0.25, -0.2) is 4.85 Å². The lowest BCUT2D eigenvalue weighted by Crippen LogP contribution is -2.16. The lowest BCUT2D eigenvalue weighted by atomic mass is 9.95. The number of esters is 1. The van der Waals surface area contributed by atoms with E-state index in [1.807, 2.05) is 24.3 Å². The van der Waals surface area contributed by atoms with E-state index in [1.165, 1.54) is 58.5 Å². The van der Waals surface area contributed by atoms with Crippen LogP contribution in [0.1, 0.15) is 142 Å². The van der Waals surface area contributed by atoms with Crippen LogP contribution in [0, 0.1) is 6.57 Å². The highest BCUT2D eigenvalue weighted by molar-refractivity contribution is 7.99. The third-order valence-corrected chi connectivity index (χ3v) is 17.8. The predicted molar refractivity (Wildman–Crippen MR) is 360 cm³/mol. The third-order valence-electron chi connectivity index (χ3n) is 16.7. The molecule has 0 saturated carbocycles. The van der Waals surface area contributed by atoms with Gasteiger partial charge in [0.05, 0.1) is 62.9 Å². The Kier molecular flexibility index (Phi) is 20.4. The second-order valence-electron chi connectivity index (χ2n) is 23.0. The van der Waals surface area contributed by atoms with Crippen LogP contribution in [0.15, 0.2) is 173 Å². The maximum absolute atomic E-state index is 13.6. The molecule has 11 heteroatoms. The zero-order valence-corrected chi connectivity index (χ0v) is 52.6. The van der Waals surface area contributed by atoms with Gasteiger partial charge in [0.2, 0.25) is 0 Å². The zero-order valence-electron chi connectivity index (χ0n) is 51.8. The van der Waals surface area contributed by atoms with Crippen molar-refractivity contribution in [1.29, 1.82) is 0 Å². The van der Waals surface area contributed by atoms with Crippen LogP contribution in [0.25, 0.3) is 43.8 Å². The highest BCUT2D eigenvalue weighted by Crippen LogP contribution is 2.55. The number of rotatable bonds is 29. The van der Waals surface area contributed by atoms with Gasteiger partial charge in [-0.1, -0.05) is 165 Å². The Bertz CT molecular complexity index is 3460. The molecule has 0 saturated heterocycles. The Labute approximate surface area is 525 Å². The number of anilines is 6. The van der Waals surface area contributed by atoms with Crippen molar-refractivity contribution in [2.24, 2.45) is 0 Å². The molecule has 8 aromatic rings. The monoisotopic (exact) mass is 1190 g/mol. The van der Waals surface area contributed by atoms with Crippen molar-refractivity contribution < 1.29 is 33.2 Å². The first-order chi connectivity index (χ1) is 43.3. The van der Waals surface area contributed by atoms with Crippen LogP contribution in [0.5, 0.6) is 34.5 Å². The van der Waals surface area contributed by atoms with E-state index >= 15 is 0 Å². The molecule has 0 aromatic heterocycles. The Morgan fingerprint density at radius 3 is 1.16 bits per heavy atom. The number of unbranched alkanes of at least 4 members (excludes halogenated alkanes) is 12. The van der Waals surface area contributed by atoms with Gasteiger partial charge in [0.25, 0.3) is 5.70 Å². The number of nitrogens with zero attached hydrogens (tertiary/aromatic N) is 3. The summed E-state index contributed by atoms with van der Waals surface area (Å²) in [4.78, 5) is 24.3. The van der Waals surface area contributed by atoms with Crippen LogP contribution in [0.3, 0.4) is 0 Å². The van der Waals surface area contributed by atoms with Gasteiger partial charge in [0.1, 0.15) is 23.0 Å². The highest BCUT2D eigenvalue weighted by atomic mass is 32.2. The van der Waals surface area contributed by atoms with Crippen molar-refractivity contribution in [1.82, 2.24) is 0 Å². The highest BCUT2D eigenvalue weighted by Gasteiger charge is 2.32. The van der Waals surface area contributed by atoms with E-state index in [9.17, 15) is 4.79 Å². The molecule has 1 aliphatic carbocycles. The molecule has 2 aliphatic heterocycles. The van der Waals surface area contributed by atoms with E-state index in [4.69, 9.17) is 35.0 Å². The SMILES string of the molecule is [C-]#[N+]/C(C(=O)OC)=C1\c2cc(-c3ccc(N4c5ccc(OCCCCCC)cc5Oc5cc(OCCCCCC)ccc54)cc3)ccc2-c2ccc(-c3ccc(N4c5ccc(OCCCCCC)cc5Sc5cc(OCCCCCC)ccc54)cc3)cc21. The number of carbonyl (C=O) groups is 1. The molecular weight excluding hydrogens is 1110 g/mol. The van der Waals surface area contributed by atoms with Gasteiger partial charge in [-0.2, -0.15) is 0 Å². The summed E-state index contributed by atoms with van der Waals surface area (Å²) in [5, 5.41) is 0. The fourth-order valence-electron chi connectivity index (χ4n) is 12.0. The van der Waals surface area contributed by atoms with Crippen LogP contribution in [0.4, 0.5) is 34.1 Å².